The lowest BCUT2D eigenvalue weighted by atomic mass is 10.1. The Morgan fingerprint density at radius 3 is 2.05 bits per heavy atom. The lowest BCUT2D eigenvalue weighted by molar-refractivity contribution is -0.195. The van der Waals surface area contributed by atoms with Crippen molar-refractivity contribution in [3.8, 4) is 0 Å². The molecule has 0 aromatic heterocycles. The van der Waals surface area contributed by atoms with Crippen molar-refractivity contribution in [3.05, 3.63) is 71.6 Å². The molecule has 2 aromatic carbocycles. The molecule has 0 bridgehead atoms. The number of nitrogens with zero attached hydrogens (tertiary/aromatic N) is 4. The van der Waals surface area contributed by atoms with Crippen LogP contribution in [0.1, 0.15) is 24.0 Å². The Balaban J connectivity index is 1.65. The van der Waals surface area contributed by atoms with Gasteiger partial charge in [-0.1, -0.05) is 6.08 Å². The van der Waals surface area contributed by atoms with Crippen LogP contribution >= 0.6 is 12.3 Å². The van der Waals surface area contributed by atoms with Gasteiger partial charge in [-0.05, 0) is 61.4 Å². The monoisotopic (exact) mass is 658 g/mol. The summed E-state index contributed by atoms with van der Waals surface area (Å²) in [5.41, 5.74) is -1.31. The van der Waals surface area contributed by atoms with Crippen molar-refractivity contribution < 1.29 is 53.3 Å². The minimum Gasteiger partial charge on any atom is -0.349 e. The van der Waals surface area contributed by atoms with E-state index in [0.29, 0.717) is 30.4 Å². The van der Waals surface area contributed by atoms with E-state index in [9.17, 15) is 39.5 Å². The fourth-order valence-electron chi connectivity index (χ4n) is 5.12. The number of alkyl halides is 9. The molecule has 1 N–H and O–H groups in total. The predicted octanol–water partition coefficient (Wildman–Crippen LogP) is 8.07. The maximum atomic E-state index is 13.5. The molecular weight excluding hydrogens is 631 g/mol. The summed E-state index contributed by atoms with van der Waals surface area (Å²) in [5.74, 6) is 0.415. The summed E-state index contributed by atoms with van der Waals surface area (Å²) in [7, 11) is 3.07. The normalized spacial score (nSPS) is 18.3. The van der Waals surface area contributed by atoms with Gasteiger partial charge < -0.3 is 24.2 Å². The molecule has 242 valence electrons. The van der Waals surface area contributed by atoms with Gasteiger partial charge in [-0.2, -0.15) is 39.5 Å². The van der Waals surface area contributed by atoms with E-state index in [4.69, 9.17) is 9.44 Å². The molecule has 1 atom stereocenters. The average molecular weight is 659 g/mol. The van der Waals surface area contributed by atoms with E-state index in [-0.39, 0.29) is 42.5 Å². The van der Waals surface area contributed by atoms with E-state index in [0.717, 1.165) is 29.2 Å². The molecule has 2 aliphatic heterocycles. The molecule has 0 radical (unpaired) electrons. The Hall–Kier alpha value is -3.28. The second-order valence-corrected chi connectivity index (χ2v) is 10.2. The number of fused-ring (bicyclic) bond motifs is 2. The topological polar surface area (TPSA) is 51.7 Å². The van der Waals surface area contributed by atoms with Gasteiger partial charge in [-0.15, -0.1) is 4.33 Å². The molecule has 0 aliphatic carbocycles. The maximum Gasteiger partial charge on any atom is 0.416 e. The zero-order chi connectivity index (χ0) is 32.4. The SMILES string of the molecule is CN1C(=CC=CC2N(C)c3ccc(C(F)(F)F)cc3N2CC(F)(F)F)N(CCCCOOSO)c2cc(C(F)(F)F)ccc21. The largest absolute Gasteiger partial charge is 0.416 e. The standard InChI is InChI=1S/C27H27F9N4O3S/c1-37-19-10-8-17(26(31,32)33)14-21(19)39(12-3-4-13-42-43-44-41)23(37)6-5-7-24-38(2)20-11-9-18(27(34,35)36)15-22(20)40(24)16-25(28,29)30/h5-11,14-15,24,41H,3-4,12-13,16H2,1-2H3. The van der Waals surface area contributed by atoms with Crippen LogP contribution in [-0.2, 0) is 21.6 Å². The van der Waals surface area contributed by atoms with Crippen molar-refractivity contribution in [2.24, 2.45) is 0 Å². The number of unbranched alkanes of at least 4 members (excludes halogenated alkanes) is 1. The van der Waals surface area contributed by atoms with E-state index < -0.39 is 42.4 Å². The van der Waals surface area contributed by atoms with Crippen molar-refractivity contribution in [2.45, 2.75) is 37.5 Å². The molecule has 1 unspecified atom stereocenters. The summed E-state index contributed by atoms with van der Waals surface area (Å²) in [6.07, 6.45) is -10.1. The van der Waals surface area contributed by atoms with Gasteiger partial charge in [0, 0.05) is 20.6 Å². The van der Waals surface area contributed by atoms with Gasteiger partial charge in [0.25, 0.3) is 0 Å². The van der Waals surface area contributed by atoms with Gasteiger partial charge in [0.05, 0.1) is 40.5 Å². The van der Waals surface area contributed by atoms with E-state index in [2.05, 4.69) is 4.33 Å². The highest BCUT2D eigenvalue weighted by Crippen LogP contribution is 2.46. The first-order chi connectivity index (χ1) is 20.5. The molecule has 2 heterocycles. The number of halogens is 9. The highest BCUT2D eigenvalue weighted by Gasteiger charge is 2.42. The molecule has 0 saturated heterocycles. The van der Waals surface area contributed by atoms with Gasteiger partial charge in [-0.25, -0.2) is 4.89 Å². The van der Waals surface area contributed by atoms with Crippen molar-refractivity contribution in [1.29, 1.82) is 0 Å². The third kappa shape index (κ3) is 7.50. The zero-order valence-electron chi connectivity index (χ0n) is 23.2. The molecular formula is C27H27F9N4O3S. The Kier molecular flexibility index (Phi) is 9.92. The van der Waals surface area contributed by atoms with Crippen LogP contribution in [0.15, 0.2) is 60.4 Å². The van der Waals surface area contributed by atoms with Crippen molar-refractivity contribution >= 4 is 35.1 Å². The first kappa shape index (κ1) is 33.6. The van der Waals surface area contributed by atoms with Crippen molar-refractivity contribution in [1.82, 2.24) is 0 Å². The summed E-state index contributed by atoms with van der Waals surface area (Å²) in [5, 5.41) is 0. The predicted molar refractivity (Wildman–Crippen MR) is 148 cm³/mol. The Labute approximate surface area is 251 Å². The number of benzene rings is 2. The van der Waals surface area contributed by atoms with E-state index >= 15 is 0 Å². The molecule has 0 fully saturated rings. The molecule has 0 saturated carbocycles. The van der Waals surface area contributed by atoms with Crippen LogP contribution in [0.2, 0.25) is 0 Å². The highest BCUT2D eigenvalue weighted by molar-refractivity contribution is 7.88. The smallest absolute Gasteiger partial charge is 0.349 e. The lowest BCUT2D eigenvalue weighted by Gasteiger charge is -2.29. The Bertz CT molecular complexity index is 1380. The molecule has 17 heteroatoms. The van der Waals surface area contributed by atoms with E-state index in [1.807, 2.05) is 0 Å². The number of hydrogen-bond acceptors (Lipinski definition) is 8. The molecule has 0 spiro atoms. The number of allylic oxidation sites excluding steroid dienone is 2. The van der Waals surface area contributed by atoms with Crippen LogP contribution in [-0.4, -0.2) is 50.7 Å². The van der Waals surface area contributed by atoms with Gasteiger partial charge in [0.2, 0.25) is 0 Å². The van der Waals surface area contributed by atoms with Gasteiger partial charge in [-0.3, -0.25) is 0 Å². The highest BCUT2D eigenvalue weighted by atomic mass is 32.2. The fourth-order valence-corrected chi connectivity index (χ4v) is 5.23. The van der Waals surface area contributed by atoms with Crippen LogP contribution in [0.4, 0.5) is 62.3 Å². The molecule has 2 aliphatic rings. The lowest BCUT2D eigenvalue weighted by Crippen LogP contribution is -2.44. The number of likely N-dealkylation sites (N-methyl/N-ethyl adjacent to an activating group) is 1. The van der Waals surface area contributed by atoms with Gasteiger partial charge in [0.15, 0.2) is 12.3 Å². The third-order valence-corrected chi connectivity index (χ3v) is 7.26. The van der Waals surface area contributed by atoms with Crippen molar-refractivity contribution in [2.75, 3.05) is 53.4 Å². The first-order valence-electron chi connectivity index (χ1n) is 13.0. The maximum absolute atomic E-state index is 13.5. The van der Waals surface area contributed by atoms with Crippen LogP contribution in [0.25, 0.3) is 0 Å². The summed E-state index contributed by atoms with van der Waals surface area (Å²) in [6.45, 7) is -1.20. The minimum atomic E-state index is -4.76. The molecule has 0 amide bonds. The quantitative estimate of drug-likeness (QED) is 0.0905. The molecule has 44 heavy (non-hydrogen) atoms. The van der Waals surface area contributed by atoms with E-state index in [1.165, 1.54) is 36.2 Å². The first-order valence-corrected chi connectivity index (χ1v) is 13.7. The van der Waals surface area contributed by atoms with Crippen LogP contribution in [0.5, 0.6) is 0 Å². The van der Waals surface area contributed by atoms with Crippen LogP contribution in [0.3, 0.4) is 0 Å². The Morgan fingerprint density at radius 1 is 0.841 bits per heavy atom. The zero-order valence-corrected chi connectivity index (χ0v) is 24.0. The second kappa shape index (κ2) is 13.0. The van der Waals surface area contributed by atoms with Crippen LogP contribution < -0.4 is 19.6 Å². The Morgan fingerprint density at radius 2 is 1.45 bits per heavy atom. The van der Waals surface area contributed by atoms with Gasteiger partial charge in [0.1, 0.15) is 18.5 Å². The second-order valence-electron chi connectivity index (χ2n) is 9.96. The summed E-state index contributed by atoms with van der Waals surface area (Å²) < 4.78 is 134. The minimum absolute atomic E-state index is 0.0187. The number of hydrogen-bond donors (Lipinski definition) is 1. The third-order valence-electron chi connectivity index (χ3n) is 7.10. The van der Waals surface area contributed by atoms with Crippen molar-refractivity contribution in [3.63, 3.8) is 0 Å². The molecule has 2 aromatic rings. The summed E-state index contributed by atoms with van der Waals surface area (Å²) in [6, 6.07) is 5.85. The fraction of sp³-hybridized carbons (Fsp3) is 0.407. The number of rotatable bonds is 10. The van der Waals surface area contributed by atoms with Gasteiger partial charge >= 0.3 is 18.5 Å². The summed E-state index contributed by atoms with van der Waals surface area (Å²) >= 11 is 0.0187. The average Bonchev–Trinajstić information content (AvgIpc) is 3.34. The molecule has 7 nitrogen and oxygen atoms in total. The van der Waals surface area contributed by atoms with E-state index in [1.54, 1.807) is 16.8 Å². The van der Waals surface area contributed by atoms with Crippen LogP contribution in [0, 0.1) is 0 Å². The number of anilines is 4. The molecule has 4 rings (SSSR count). The summed E-state index contributed by atoms with van der Waals surface area (Å²) in [4.78, 5) is 10.2.